The largest absolute Gasteiger partial charge is 0.308 e. The molecule has 0 saturated carbocycles. The van der Waals surface area contributed by atoms with E-state index in [-0.39, 0.29) is 0 Å². The van der Waals surface area contributed by atoms with Gasteiger partial charge in [0.15, 0.2) is 0 Å². The molecule has 78 valence electrons. The normalized spacial score (nSPS) is 15.1. The Balaban J connectivity index is 2.39. The first-order valence-electron chi connectivity index (χ1n) is 4.91. The summed E-state index contributed by atoms with van der Waals surface area (Å²) in [5.74, 6) is 0. The van der Waals surface area contributed by atoms with Crippen LogP contribution in [0.3, 0.4) is 0 Å². The van der Waals surface area contributed by atoms with Gasteiger partial charge in [-0.05, 0) is 25.3 Å². The molecule has 0 fully saturated rings. The third kappa shape index (κ3) is 3.68. The number of rotatable bonds is 5. The van der Waals surface area contributed by atoms with E-state index in [1.807, 2.05) is 30.1 Å². The SMILES string of the molecule is CSC(C)CNC(C)c1ccccn1. The molecule has 3 heteroatoms. The number of thioether (sulfide) groups is 1. The first-order chi connectivity index (χ1) is 6.74. The van der Waals surface area contributed by atoms with E-state index in [9.17, 15) is 0 Å². The second-order valence-electron chi connectivity index (χ2n) is 3.43. The first kappa shape index (κ1) is 11.5. The molecule has 0 saturated heterocycles. The summed E-state index contributed by atoms with van der Waals surface area (Å²) in [6.07, 6.45) is 3.98. The second kappa shape index (κ2) is 6.04. The van der Waals surface area contributed by atoms with Crippen LogP contribution in [0.25, 0.3) is 0 Å². The molecule has 0 spiro atoms. The highest BCUT2D eigenvalue weighted by atomic mass is 32.2. The number of aromatic nitrogens is 1. The van der Waals surface area contributed by atoms with Crippen LogP contribution in [0.4, 0.5) is 0 Å². The molecular weight excluding hydrogens is 192 g/mol. The van der Waals surface area contributed by atoms with Gasteiger partial charge < -0.3 is 5.32 Å². The average molecular weight is 210 g/mol. The summed E-state index contributed by atoms with van der Waals surface area (Å²) in [4.78, 5) is 4.31. The van der Waals surface area contributed by atoms with Crippen LogP contribution in [-0.2, 0) is 0 Å². The van der Waals surface area contributed by atoms with Crippen molar-refractivity contribution < 1.29 is 0 Å². The fourth-order valence-corrected chi connectivity index (χ4v) is 1.43. The van der Waals surface area contributed by atoms with E-state index in [1.54, 1.807) is 0 Å². The van der Waals surface area contributed by atoms with Crippen LogP contribution in [0.5, 0.6) is 0 Å². The Morgan fingerprint density at radius 3 is 2.79 bits per heavy atom. The van der Waals surface area contributed by atoms with Crippen molar-refractivity contribution >= 4 is 11.8 Å². The Morgan fingerprint density at radius 2 is 2.21 bits per heavy atom. The highest BCUT2D eigenvalue weighted by Gasteiger charge is 2.06. The van der Waals surface area contributed by atoms with E-state index < -0.39 is 0 Å². The standard InChI is InChI=1S/C11H18N2S/c1-9(14-3)8-13-10(2)11-6-4-5-7-12-11/h4-7,9-10,13H,8H2,1-3H3. The van der Waals surface area contributed by atoms with Crippen molar-refractivity contribution in [2.75, 3.05) is 12.8 Å². The molecule has 1 aromatic heterocycles. The molecule has 1 N–H and O–H groups in total. The summed E-state index contributed by atoms with van der Waals surface area (Å²) in [5.41, 5.74) is 1.11. The third-order valence-corrected chi connectivity index (χ3v) is 3.22. The number of nitrogens with one attached hydrogen (secondary N) is 1. The molecule has 0 bridgehead atoms. The molecular formula is C11H18N2S. The number of pyridine rings is 1. The zero-order chi connectivity index (χ0) is 10.4. The van der Waals surface area contributed by atoms with Crippen molar-refractivity contribution in [3.8, 4) is 0 Å². The van der Waals surface area contributed by atoms with Gasteiger partial charge in [-0.3, -0.25) is 4.98 Å². The molecule has 1 aromatic rings. The molecule has 2 atom stereocenters. The zero-order valence-corrected chi connectivity index (χ0v) is 9.84. The van der Waals surface area contributed by atoms with Gasteiger partial charge in [0.05, 0.1) is 5.69 Å². The highest BCUT2D eigenvalue weighted by molar-refractivity contribution is 7.99. The van der Waals surface area contributed by atoms with Crippen molar-refractivity contribution in [2.24, 2.45) is 0 Å². The maximum atomic E-state index is 4.31. The molecule has 0 radical (unpaired) electrons. The monoisotopic (exact) mass is 210 g/mol. The lowest BCUT2D eigenvalue weighted by Crippen LogP contribution is -2.26. The van der Waals surface area contributed by atoms with Gasteiger partial charge in [0.25, 0.3) is 0 Å². The molecule has 2 unspecified atom stereocenters. The van der Waals surface area contributed by atoms with Crippen LogP contribution in [0.15, 0.2) is 24.4 Å². The molecule has 0 amide bonds. The Bertz CT molecular complexity index is 251. The predicted molar refractivity (Wildman–Crippen MR) is 63.6 cm³/mol. The topological polar surface area (TPSA) is 24.9 Å². The summed E-state index contributed by atoms with van der Waals surface area (Å²) in [5, 5.41) is 4.12. The summed E-state index contributed by atoms with van der Waals surface area (Å²) >= 11 is 1.88. The Labute approximate surface area is 90.5 Å². The van der Waals surface area contributed by atoms with E-state index in [1.165, 1.54) is 0 Å². The number of hydrogen-bond acceptors (Lipinski definition) is 3. The summed E-state index contributed by atoms with van der Waals surface area (Å²) in [6.45, 7) is 5.40. The smallest absolute Gasteiger partial charge is 0.0570 e. The lowest BCUT2D eigenvalue weighted by atomic mass is 10.2. The van der Waals surface area contributed by atoms with Crippen LogP contribution in [0.1, 0.15) is 25.6 Å². The fourth-order valence-electron chi connectivity index (χ4n) is 1.16. The van der Waals surface area contributed by atoms with Gasteiger partial charge in [0.1, 0.15) is 0 Å². The van der Waals surface area contributed by atoms with Crippen LogP contribution < -0.4 is 5.32 Å². The first-order valence-corrected chi connectivity index (χ1v) is 6.20. The van der Waals surface area contributed by atoms with Crippen LogP contribution in [0.2, 0.25) is 0 Å². The molecule has 0 aromatic carbocycles. The highest BCUT2D eigenvalue weighted by Crippen LogP contribution is 2.09. The number of nitrogens with zero attached hydrogens (tertiary/aromatic N) is 1. The quantitative estimate of drug-likeness (QED) is 0.808. The molecule has 1 heterocycles. The maximum absolute atomic E-state index is 4.31. The van der Waals surface area contributed by atoms with Gasteiger partial charge in [-0.15, -0.1) is 0 Å². The van der Waals surface area contributed by atoms with E-state index >= 15 is 0 Å². The molecule has 1 rings (SSSR count). The van der Waals surface area contributed by atoms with Gasteiger partial charge in [0.2, 0.25) is 0 Å². The second-order valence-corrected chi connectivity index (χ2v) is 4.71. The van der Waals surface area contributed by atoms with Gasteiger partial charge in [0, 0.05) is 24.0 Å². The third-order valence-electron chi connectivity index (χ3n) is 2.25. The van der Waals surface area contributed by atoms with Gasteiger partial charge in [-0.25, -0.2) is 0 Å². The minimum Gasteiger partial charge on any atom is -0.308 e. The van der Waals surface area contributed by atoms with Crippen molar-refractivity contribution in [1.29, 1.82) is 0 Å². The number of hydrogen-bond donors (Lipinski definition) is 1. The molecule has 0 aliphatic heterocycles. The van der Waals surface area contributed by atoms with Crippen LogP contribution in [-0.4, -0.2) is 23.0 Å². The van der Waals surface area contributed by atoms with Crippen LogP contribution in [0, 0.1) is 0 Å². The van der Waals surface area contributed by atoms with E-state index in [0.717, 1.165) is 12.2 Å². The maximum Gasteiger partial charge on any atom is 0.0570 e. The van der Waals surface area contributed by atoms with E-state index in [0.29, 0.717) is 11.3 Å². The Hall–Kier alpha value is -0.540. The minimum absolute atomic E-state index is 0.339. The molecule has 14 heavy (non-hydrogen) atoms. The van der Waals surface area contributed by atoms with Crippen molar-refractivity contribution in [3.63, 3.8) is 0 Å². The van der Waals surface area contributed by atoms with Crippen molar-refractivity contribution in [3.05, 3.63) is 30.1 Å². The molecule has 0 aliphatic carbocycles. The van der Waals surface area contributed by atoms with E-state index in [2.05, 4.69) is 36.5 Å². The summed E-state index contributed by atoms with van der Waals surface area (Å²) < 4.78 is 0. The lowest BCUT2D eigenvalue weighted by Gasteiger charge is -2.15. The molecule has 0 aliphatic rings. The van der Waals surface area contributed by atoms with Crippen molar-refractivity contribution in [2.45, 2.75) is 25.1 Å². The van der Waals surface area contributed by atoms with Crippen LogP contribution >= 0.6 is 11.8 Å². The van der Waals surface area contributed by atoms with E-state index in [4.69, 9.17) is 0 Å². The zero-order valence-electron chi connectivity index (χ0n) is 9.03. The summed E-state index contributed by atoms with van der Waals surface area (Å²) in [7, 11) is 0. The Kier molecular flexibility index (Phi) is 4.98. The van der Waals surface area contributed by atoms with Gasteiger partial charge in [-0.1, -0.05) is 13.0 Å². The predicted octanol–water partition coefficient (Wildman–Crippen LogP) is 2.48. The molecule has 2 nitrogen and oxygen atoms in total. The lowest BCUT2D eigenvalue weighted by molar-refractivity contribution is 0.563. The van der Waals surface area contributed by atoms with Crippen molar-refractivity contribution in [1.82, 2.24) is 10.3 Å². The fraction of sp³-hybridized carbons (Fsp3) is 0.545. The van der Waals surface area contributed by atoms with Gasteiger partial charge in [-0.2, -0.15) is 11.8 Å². The van der Waals surface area contributed by atoms with Gasteiger partial charge >= 0.3 is 0 Å². The summed E-state index contributed by atoms with van der Waals surface area (Å²) in [6, 6.07) is 6.37. The Morgan fingerprint density at radius 1 is 1.43 bits per heavy atom. The average Bonchev–Trinajstić information content (AvgIpc) is 2.26. The minimum atomic E-state index is 0.339.